The lowest BCUT2D eigenvalue weighted by Crippen LogP contribution is -2.32. The Morgan fingerprint density at radius 1 is 1.18 bits per heavy atom. The minimum Gasteiger partial charge on any atom is -0.459 e. The lowest BCUT2D eigenvalue weighted by atomic mass is 9.96. The summed E-state index contributed by atoms with van der Waals surface area (Å²) in [7, 11) is 0. The number of ether oxygens (including phenoxy) is 2. The van der Waals surface area contributed by atoms with E-state index in [-0.39, 0.29) is 68.4 Å². The number of nitrogens with zero attached hydrogens (tertiary/aromatic N) is 3. The van der Waals surface area contributed by atoms with Crippen LogP contribution in [0.3, 0.4) is 0 Å². The van der Waals surface area contributed by atoms with Crippen LogP contribution in [0.4, 0.5) is 4.39 Å². The van der Waals surface area contributed by atoms with Crippen molar-refractivity contribution in [3.8, 4) is 0 Å². The third kappa shape index (κ3) is 11.7. The van der Waals surface area contributed by atoms with Crippen LogP contribution in [0.15, 0.2) is 70.4 Å². The molecule has 1 aromatic carbocycles. The lowest BCUT2D eigenvalue weighted by molar-refractivity contribution is -0.147. The highest BCUT2D eigenvalue weighted by molar-refractivity contribution is 5.96. The van der Waals surface area contributed by atoms with E-state index in [2.05, 4.69) is 29.0 Å². The second-order valence-corrected chi connectivity index (χ2v) is 13.2. The number of carbonyl (C=O) groups excluding carboxylic acids is 4. The molecule has 0 saturated heterocycles. The van der Waals surface area contributed by atoms with E-state index in [1.54, 1.807) is 43.4 Å². The van der Waals surface area contributed by atoms with Crippen molar-refractivity contribution in [1.82, 2.24) is 20.1 Å². The molecule has 0 fully saturated rings. The van der Waals surface area contributed by atoms with E-state index in [1.165, 1.54) is 11.2 Å². The number of nitrogens with one attached hydrogen (secondary N) is 1. The Hall–Kier alpha value is -4.58. The van der Waals surface area contributed by atoms with E-state index in [4.69, 9.17) is 13.9 Å². The highest BCUT2D eigenvalue weighted by Gasteiger charge is 2.30. The average molecular weight is 707 g/mol. The number of rotatable bonds is 7. The predicted octanol–water partition coefficient (Wildman–Crippen LogP) is 5.77. The summed E-state index contributed by atoms with van der Waals surface area (Å²) >= 11 is 0. The molecule has 4 bridgehead atoms. The van der Waals surface area contributed by atoms with Crippen molar-refractivity contribution in [3.63, 3.8) is 0 Å². The number of allylic oxidation sites excluding steroid dienone is 2. The molecule has 1 unspecified atom stereocenters. The zero-order valence-corrected chi connectivity index (χ0v) is 30.4. The van der Waals surface area contributed by atoms with Gasteiger partial charge in [-0.05, 0) is 62.5 Å². The second-order valence-electron chi connectivity index (χ2n) is 13.2. The molecule has 1 N–H and O–H groups in total. The number of cyclic esters (lactones) is 1. The van der Waals surface area contributed by atoms with Crippen LogP contribution < -0.4 is 5.32 Å². The standard InChI is InChI=1S/C39H51FN4O7/c1-6-34-27(5)14-15-35(45)41-17-10-11-26(4)19-32(50-38(47)29-13-9-12-28(20-29)23-43(7-2)8-3)21-31(40)22-36-42-33(25-49-36)37(46)44-18-16-30(24-44)39(48)51-34/h9-13,16,19-20,25,27,31-32,34H,6-8,14-15,17-18,21-24H2,1-5H3,(H,41,45)/b11-10+,26-19+/t27-,31?,32-,34-/m1/s1. The lowest BCUT2D eigenvalue weighted by Gasteiger charge is -2.23. The minimum absolute atomic E-state index is 0.00135. The number of hydrogen-bond acceptors (Lipinski definition) is 9. The molecular formula is C39H51FN4O7. The topological polar surface area (TPSA) is 131 Å². The molecule has 0 spiro atoms. The van der Waals surface area contributed by atoms with Crippen LogP contribution in [-0.2, 0) is 32.0 Å². The summed E-state index contributed by atoms with van der Waals surface area (Å²) in [6, 6.07) is 7.23. The third-order valence-corrected chi connectivity index (χ3v) is 9.21. The monoisotopic (exact) mass is 706 g/mol. The molecule has 2 aromatic rings. The van der Waals surface area contributed by atoms with E-state index in [1.807, 2.05) is 26.0 Å². The molecule has 4 atom stereocenters. The van der Waals surface area contributed by atoms with Gasteiger partial charge in [0.05, 0.1) is 24.1 Å². The van der Waals surface area contributed by atoms with Gasteiger partial charge in [0.1, 0.15) is 24.6 Å². The zero-order chi connectivity index (χ0) is 36.9. The summed E-state index contributed by atoms with van der Waals surface area (Å²) < 4.78 is 32.8. The molecule has 11 nitrogen and oxygen atoms in total. The number of oxazole rings is 1. The van der Waals surface area contributed by atoms with Gasteiger partial charge in [0, 0.05) is 32.5 Å². The highest BCUT2D eigenvalue weighted by atomic mass is 19.1. The van der Waals surface area contributed by atoms with E-state index in [9.17, 15) is 19.2 Å². The quantitative estimate of drug-likeness (QED) is 0.357. The molecule has 3 heterocycles. The van der Waals surface area contributed by atoms with Crippen molar-refractivity contribution in [2.45, 2.75) is 91.6 Å². The zero-order valence-electron chi connectivity index (χ0n) is 30.4. The van der Waals surface area contributed by atoms with Crippen LogP contribution in [0.2, 0.25) is 0 Å². The first-order chi connectivity index (χ1) is 24.5. The van der Waals surface area contributed by atoms with Gasteiger partial charge in [-0.1, -0.05) is 63.6 Å². The Kier molecular flexibility index (Phi) is 14.7. The number of esters is 2. The minimum atomic E-state index is -1.53. The van der Waals surface area contributed by atoms with Gasteiger partial charge in [0.2, 0.25) is 5.91 Å². The molecule has 2 amide bonds. The van der Waals surface area contributed by atoms with Gasteiger partial charge in [-0.3, -0.25) is 14.5 Å². The summed E-state index contributed by atoms with van der Waals surface area (Å²) in [5, 5.41) is 2.87. The maximum Gasteiger partial charge on any atom is 0.338 e. The van der Waals surface area contributed by atoms with Gasteiger partial charge in [-0.25, -0.2) is 19.0 Å². The number of hydrogen-bond donors (Lipinski definition) is 1. The molecule has 4 rings (SSSR count). The molecule has 0 saturated carbocycles. The van der Waals surface area contributed by atoms with Crippen LogP contribution in [0, 0.1) is 5.92 Å². The molecule has 2 aliphatic heterocycles. The van der Waals surface area contributed by atoms with Gasteiger partial charge in [0.25, 0.3) is 5.91 Å². The third-order valence-electron chi connectivity index (χ3n) is 9.21. The number of benzene rings is 1. The second kappa shape index (κ2) is 19.1. The highest BCUT2D eigenvalue weighted by Crippen LogP contribution is 2.22. The summed E-state index contributed by atoms with van der Waals surface area (Å²) in [5.74, 6) is -1.71. The fourth-order valence-electron chi connectivity index (χ4n) is 6.12. The molecule has 276 valence electrons. The molecule has 2 aliphatic rings. The molecule has 1 aromatic heterocycles. The molecule has 0 aliphatic carbocycles. The number of aromatic nitrogens is 1. The van der Waals surface area contributed by atoms with Crippen LogP contribution >= 0.6 is 0 Å². The normalized spacial score (nSPS) is 24.5. The van der Waals surface area contributed by atoms with Crippen molar-refractivity contribution in [2.75, 3.05) is 32.7 Å². The average Bonchev–Trinajstić information content (AvgIpc) is 3.80. The SMILES string of the molecule is CC[C@H]1OC(=O)C2=CCN(C2)C(=O)c2coc(n2)CC(F)C[C@H](OC(=O)c2cccc(CN(CC)CC)c2)/C=C(C)/C=C/CNC(=O)CC[C@H]1C. The first-order valence-corrected chi connectivity index (χ1v) is 17.9. The smallest absolute Gasteiger partial charge is 0.338 e. The van der Waals surface area contributed by atoms with E-state index < -0.39 is 30.1 Å². The largest absolute Gasteiger partial charge is 0.459 e. The Labute approximate surface area is 299 Å². The number of carbonyl (C=O) groups is 4. The van der Waals surface area contributed by atoms with Crippen LogP contribution in [-0.4, -0.2) is 89.6 Å². The Morgan fingerprint density at radius 2 is 1.96 bits per heavy atom. The molecule has 12 heteroatoms. The maximum atomic E-state index is 15.6. The van der Waals surface area contributed by atoms with Crippen molar-refractivity contribution in [2.24, 2.45) is 5.92 Å². The van der Waals surface area contributed by atoms with Gasteiger partial charge in [0.15, 0.2) is 11.6 Å². The Bertz CT molecular complexity index is 1610. The predicted molar refractivity (Wildman–Crippen MR) is 190 cm³/mol. The number of halogens is 1. The van der Waals surface area contributed by atoms with Gasteiger partial charge >= 0.3 is 11.9 Å². The Morgan fingerprint density at radius 3 is 2.71 bits per heavy atom. The number of fused-ring (bicyclic) bond motifs is 4. The van der Waals surface area contributed by atoms with Crippen LogP contribution in [0.1, 0.15) is 92.6 Å². The first-order valence-electron chi connectivity index (χ1n) is 17.9. The fourth-order valence-corrected chi connectivity index (χ4v) is 6.12. The van der Waals surface area contributed by atoms with Gasteiger partial charge in [-0.15, -0.1) is 0 Å². The molecule has 0 radical (unpaired) electrons. The van der Waals surface area contributed by atoms with E-state index in [0.29, 0.717) is 36.1 Å². The van der Waals surface area contributed by atoms with Gasteiger partial charge in [-0.2, -0.15) is 0 Å². The van der Waals surface area contributed by atoms with E-state index in [0.717, 1.165) is 18.7 Å². The summed E-state index contributed by atoms with van der Waals surface area (Å²) in [6.45, 7) is 12.8. The van der Waals surface area contributed by atoms with Crippen molar-refractivity contribution in [3.05, 3.63) is 88.7 Å². The fraction of sp³-hybridized carbons (Fsp3) is 0.513. The van der Waals surface area contributed by atoms with Crippen molar-refractivity contribution >= 4 is 23.8 Å². The van der Waals surface area contributed by atoms with Crippen LogP contribution in [0.5, 0.6) is 0 Å². The molecular weight excluding hydrogens is 655 g/mol. The summed E-state index contributed by atoms with van der Waals surface area (Å²) in [4.78, 5) is 60.0. The van der Waals surface area contributed by atoms with E-state index >= 15 is 4.39 Å². The first kappa shape index (κ1) is 39.2. The maximum absolute atomic E-state index is 15.6. The number of amides is 2. The van der Waals surface area contributed by atoms with Crippen molar-refractivity contribution in [1.29, 1.82) is 0 Å². The summed E-state index contributed by atoms with van der Waals surface area (Å²) in [5.41, 5.74) is 2.41. The van der Waals surface area contributed by atoms with Gasteiger partial charge < -0.3 is 24.1 Å². The molecule has 51 heavy (non-hydrogen) atoms. The number of alkyl halides is 1. The van der Waals surface area contributed by atoms with Crippen molar-refractivity contribution < 1.29 is 37.5 Å². The summed E-state index contributed by atoms with van der Waals surface area (Å²) in [6.07, 6.45) is 6.14. The van der Waals surface area contributed by atoms with Crippen LogP contribution in [0.25, 0.3) is 0 Å². The Balaban J connectivity index is 1.53.